The van der Waals surface area contributed by atoms with E-state index in [4.69, 9.17) is 23.6 Å². The van der Waals surface area contributed by atoms with Gasteiger partial charge in [0.2, 0.25) is 0 Å². The lowest BCUT2D eigenvalue weighted by atomic mass is 9.95. The quantitative estimate of drug-likeness (QED) is 0.136. The molecule has 4 aromatic rings. The maximum atomic E-state index is 10.4. The number of nitrogens with zero attached hydrogens (tertiary/aromatic N) is 2. The molecule has 47 heavy (non-hydrogen) atoms. The number of benzene rings is 3. The third-order valence-corrected chi connectivity index (χ3v) is 13.7. The molecule has 0 aliphatic carbocycles. The number of ether oxygens (including phenoxy) is 3. The third kappa shape index (κ3) is 9.06. The van der Waals surface area contributed by atoms with Crippen LogP contribution in [0.3, 0.4) is 0 Å². The Morgan fingerprint density at radius 2 is 1.30 bits per heavy atom. The van der Waals surface area contributed by atoms with E-state index < -0.39 is 32.7 Å². The molecular formula is C38H50N2O6Si. The van der Waals surface area contributed by atoms with E-state index in [0.29, 0.717) is 32.1 Å². The molecule has 0 fully saturated rings. The fourth-order valence-electron chi connectivity index (χ4n) is 5.62. The van der Waals surface area contributed by atoms with E-state index >= 15 is 0 Å². The normalized spacial score (nSPS) is 20.6. The van der Waals surface area contributed by atoms with Crippen LogP contribution < -0.4 is 0 Å². The molecule has 0 saturated carbocycles. The minimum Gasteiger partial charge on any atom is -0.404 e. The molecule has 0 spiro atoms. The third-order valence-electron chi connectivity index (χ3n) is 9.28. The van der Waals surface area contributed by atoms with Crippen LogP contribution in [0.15, 0.2) is 97.2 Å². The van der Waals surface area contributed by atoms with Crippen molar-refractivity contribution >= 4 is 8.32 Å². The molecule has 0 bridgehead atoms. The smallest absolute Gasteiger partial charge is 0.193 e. The summed E-state index contributed by atoms with van der Waals surface area (Å²) in [5, 5.41) is 20.0. The van der Waals surface area contributed by atoms with Gasteiger partial charge in [-0.05, 0) is 34.8 Å². The molecule has 1 aliphatic rings. The van der Waals surface area contributed by atoms with E-state index in [1.165, 1.54) is 0 Å². The number of hydrogen-bond acceptors (Lipinski definition) is 7. The standard InChI is InChI=1S/C38H50N2O6Si/c1-38(2,3)47(4,5)46-36-35(45-26-30-19-13-8-14-20-30)34(44-25-29-17-11-7-12-18-29)33(27-43-24-28-15-9-6-10-16-28)40-22-31(39-37(36)40)21-32(42)23-41/h6-20,22,32-36,41-42H,21,23-27H2,1-5H3/t32?,33-,34+,35+,36-/m1/s1. The van der Waals surface area contributed by atoms with Gasteiger partial charge in [0, 0.05) is 12.6 Å². The topological polar surface area (TPSA) is 95.2 Å². The first-order chi connectivity index (χ1) is 22.6. The molecule has 5 rings (SSSR count). The minimum atomic E-state index is -2.36. The second kappa shape index (κ2) is 15.8. The first kappa shape index (κ1) is 35.2. The van der Waals surface area contributed by atoms with Crippen molar-refractivity contribution in [2.45, 2.75) is 95.6 Å². The lowest BCUT2D eigenvalue weighted by Gasteiger charge is -2.47. The first-order valence-electron chi connectivity index (χ1n) is 16.5. The highest BCUT2D eigenvalue weighted by atomic mass is 28.4. The van der Waals surface area contributed by atoms with Crippen molar-refractivity contribution in [3.8, 4) is 0 Å². The summed E-state index contributed by atoms with van der Waals surface area (Å²) in [4.78, 5) is 5.06. The maximum absolute atomic E-state index is 10.4. The lowest BCUT2D eigenvalue weighted by molar-refractivity contribution is -0.169. The fourth-order valence-corrected chi connectivity index (χ4v) is 6.85. The van der Waals surface area contributed by atoms with Crippen LogP contribution in [0.2, 0.25) is 18.1 Å². The molecule has 2 N–H and O–H groups in total. The number of rotatable bonds is 15. The predicted molar refractivity (Wildman–Crippen MR) is 185 cm³/mol. The van der Waals surface area contributed by atoms with Crippen LogP contribution in [0, 0.1) is 0 Å². The number of aliphatic hydroxyl groups excluding tert-OH is 2. The average molecular weight is 659 g/mol. The van der Waals surface area contributed by atoms with Gasteiger partial charge in [0.15, 0.2) is 8.32 Å². The second-order valence-electron chi connectivity index (χ2n) is 13.9. The Balaban J connectivity index is 1.58. The van der Waals surface area contributed by atoms with Crippen LogP contribution in [-0.4, -0.2) is 59.6 Å². The van der Waals surface area contributed by atoms with Crippen molar-refractivity contribution in [3.63, 3.8) is 0 Å². The van der Waals surface area contributed by atoms with Crippen molar-refractivity contribution < 1.29 is 28.8 Å². The summed E-state index contributed by atoms with van der Waals surface area (Å²) < 4.78 is 29.5. The first-order valence-corrected chi connectivity index (χ1v) is 19.4. The largest absolute Gasteiger partial charge is 0.404 e. The van der Waals surface area contributed by atoms with E-state index in [2.05, 4.69) is 74.8 Å². The number of hydrogen-bond donors (Lipinski definition) is 2. The molecular weight excluding hydrogens is 609 g/mol. The van der Waals surface area contributed by atoms with Gasteiger partial charge in [-0.1, -0.05) is 112 Å². The van der Waals surface area contributed by atoms with E-state index in [0.717, 1.165) is 22.5 Å². The second-order valence-corrected chi connectivity index (χ2v) is 18.7. The van der Waals surface area contributed by atoms with E-state index in [1.807, 2.05) is 60.8 Å². The Bertz CT molecular complexity index is 1510. The SMILES string of the molecule is CC(C)(C)[Si](C)(C)O[C@H]1c2nc(CC(O)CO)cn2[C@H](COCc2ccccc2)[C@H](OCc2ccccc2)[C@@H]1OCc1ccccc1. The highest BCUT2D eigenvalue weighted by molar-refractivity contribution is 6.74. The molecule has 0 saturated heterocycles. The monoisotopic (exact) mass is 658 g/mol. The molecule has 252 valence electrons. The van der Waals surface area contributed by atoms with Crippen LogP contribution >= 0.6 is 0 Å². The van der Waals surface area contributed by atoms with Crippen LogP contribution in [-0.2, 0) is 44.9 Å². The highest BCUT2D eigenvalue weighted by Crippen LogP contribution is 2.45. The van der Waals surface area contributed by atoms with E-state index in [9.17, 15) is 10.2 Å². The van der Waals surface area contributed by atoms with Crippen molar-refractivity contribution in [1.82, 2.24) is 9.55 Å². The summed E-state index contributed by atoms with van der Waals surface area (Å²) in [6.07, 6.45) is -0.253. The Morgan fingerprint density at radius 1 is 0.787 bits per heavy atom. The minimum absolute atomic E-state index is 0.0691. The number of fused-ring (bicyclic) bond motifs is 1. The Morgan fingerprint density at radius 3 is 1.81 bits per heavy atom. The summed E-state index contributed by atoms with van der Waals surface area (Å²) in [6, 6.07) is 30.1. The van der Waals surface area contributed by atoms with Gasteiger partial charge in [-0.2, -0.15) is 0 Å². The van der Waals surface area contributed by atoms with Gasteiger partial charge in [0.05, 0.1) is 50.9 Å². The van der Waals surface area contributed by atoms with Crippen LogP contribution in [0.4, 0.5) is 0 Å². The zero-order valence-electron chi connectivity index (χ0n) is 28.3. The fraction of sp³-hybridized carbons (Fsp3) is 0.447. The summed E-state index contributed by atoms with van der Waals surface area (Å²) in [6.45, 7) is 12.4. The summed E-state index contributed by atoms with van der Waals surface area (Å²) in [5.41, 5.74) is 3.86. The zero-order chi connectivity index (χ0) is 33.4. The molecule has 1 aromatic heterocycles. The number of aliphatic hydroxyl groups is 2. The van der Waals surface area contributed by atoms with E-state index in [-0.39, 0.29) is 24.1 Å². The van der Waals surface area contributed by atoms with Gasteiger partial charge < -0.3 is 33.4 Å². The van der Waals surface area contributed by atoms with Crippen LogP contribution in [0.5, 0.6) is 0 Å². The van der Waals surface area contributed by atoms with Gasteiger partial charge in [-0.15, -0.1) is 0 Å². The van der Waals surface area contributed by atoms with Gasteiger partial charge in [0.1, 0.15) is 24.1 Å². The van der Waals surface area contributed by atoms with Gasteiger partial charge in [-0.25, -0.2) is 4.98 Å². The summed E-state index contributed by atoms with van der Waals surface area (Å²) >= 11 is 0. The van der Waals surface area contributed by atoms with Crippen LogP contribution in [0.25, 0.3) is 0 Å². The highest BCUT2D eigenvalue weighted by Gasteiger charge is 2.50. The van der Waals surface area contributed by atoms with Crippen LogP contribution in [0.1, 0.15) is 61.1 Å². The molecule has 3 aromatic carbocycles. The lowest BCUT2D eigenvalue weighted by Crippen LogP contribution is -2.53. The predicted octanol–water partition coefficient (Wildman–Crippen LogP) is 6.78. The molecule has 9 heteroatoms. The van der Waals surface area contributed by atoms with Gasteiger partial charge in [-0.3, -0.25) is 0 Å². The Kier molecular flexibility index (Phi) is 11.8. The molecule has 1 unspecified atom stereocenters. The molecule has 5 atom stereocenters. The van der Waals surface area contributed by atoms with Crippen molar-refractivity contribution in [3.05, 3.63) is 125 Å². The van der Waals surface area contributed by atoms with Gasteiger partial charge >= 0.3 is 0 Å². The Hall–Kier alpha value is -3.15. The van der Waals surface area contributed by atoms with E-state index in [1.54, 1.807) is 0 Å². The van der Waals surface area contributed by atoms with Crippen molar-refractivity contribution in [1.29, 1.82) is 0 Å². The Labute approximate surface area is 280 Å². The molecule has 0 radical (unpaired) electrons. The average Bonchev–Trinajstić information content (AvgIpc) is 3.48. The number of imidazole rings is 1. The number of aromatic nitrogens is 2. The zero-order valence-corrected chi connectivity index (χ0v) is 29.3. The van der Waals surface area contributed by atoms with Crippen molar-refractivity contribution in [2.75, 3.05) is 13.2 Å². The molecule has 8 nitrogen and oxygen atoms in total. The molecule has 2 heterocycles. The summed E-state index contributed by atoms with van der Waals surface area (Å²) in [7, 11) is -2.36. The molecule has 0 amide bonds. The maximum Gasteiger partial charge on any atom is 0.193 e. The van der Waals surface area contributed by atoms with Gasteiger partial charge in [0.25, 0.3) is 0 Å². The summed E-state index contributed by atoms with van der Waals surface area (Å²) in [5.74, 6) is 0.723. The van der Waals surface area contributed by atoms with Crippen molar-refractivity contribution in [2.24, 2.45) is 0 Å². The molecule has 1 aliphatic heterocycles.